The normalized spacial score (nSPS) is 21.0. The van der Waals surface area contributed by atoms with Crippen molar-refractivity contribution in [2.45, 2.75) is 5.92 Å². The topological polar surface area (TPSA) is 26.0 Å². The van der Waals surface area contributed by atoms with Crippen LogP contribution in [0, 0.1) is 0 Å². The third-order valence-corrected chi connectivity index (χ3v) is 2.11. The summed E-state index contributed by atoms with van der Waals surface area (Å²) >= 11 is 0. The van der Waals surface area contributed by atoms with Crippen molar-refractivity contribution < 1.29 is 0 Å². The number of hydrogen-bond donors (Lipinski definition) is 1. The summed E-state index contributed by atoms with van der Waals surface area (Å²) in [6.45, 7) is 0. The van der Waals surface area contributed by atoms with Crippen molar-refractivity contribution in [1.29, 1.82) is 0 Å². The molecule has 1 aliphatic carbocycles. The van der Waals surface area contributed by atoms with Crippen molar-refractivity contribution >= 4 is 0 Å². The minimum Gasteiger partial charge on any atom is -0.401 e. The Balaban J connectivity index is 2.33. The second-order valence-corrected chi connectivity index (χ2v) is 2.94. The first-order chi connectivity index (χ1) is 5.88. The van der Waals surface area contributed by atoms with Crippen LogP contribution in [-0.2, 0) is 0 Å². The Morgan fingerprint density at radius 2 is 1.83 bits per heavy atom. The molecule has 2 N–H and O–H groups in total. The Labute approximate surface area is 72.2 Å². The van der Waals surface area contributed by atoms with E-state index >= 15 is 0 Å². The van der Waals surface area contributed by atoms with Crippen LogP contribution in [0.5, 0.6) is 0 Å². The Hall–Kier alpha value is -1.50. The number of benzene rings is 1. The van der Waals surface area contributed by atoms with Gasteiger partial charge in [-0.3, -0.25) is 0 Å². The molecule has 60 valence electrons. The first-order valence-corrected chi connectivity index (χ1v) is 4.07. The van der Waals surface area contributed by atoms with Crippen LogP contribution < -0.4 is 5.73 Å². The molecule has 1 heteroatoms. The molecule has 0 aromatic heterocycles. The molecule has 1 nitrogen and oxygen atoms in total. The summed E-state index contributed by atoms with van der Waals surface area (Å²) in [5.74, 6) is 0.297. The molecular weight excluding hydrogens is 146 g/mol. The quantitative estimate of drug-likeness (QED) is 0.664. The highest BCUT2D eigenvalue weighted by atomic mass is 14.6. The minimum atomic E-state index is 0.297. The van der Waals surface area contributed by atoms with Gasteiger partial charge >= 0.3 is 0 Å². The molecule has 1 unspecified atom stereocenters. The SMILES string of the molecule is NC1=CC=CC1c1ccccc1. The van der Waals surface area contributed by atoms with Gasteiger partial charge in [-0.15, -0.1) is 0 Å². The molecule has 1 aromatic carbocycles. The summed E-state index contributed by atoms with van der Waals surface area (Å²) in [4.78, 5) is 0. The Morgan fingerprint density at radius 1 is 1.08 bits per heavy atom. The maximum atomic E-state index is 5.81. The molecule has 0 aliphatic heterocycles. The summed E-state index contributed by atoms with van der Waals surface area (Å²) in [5.41, 5.74) is 8.01. The van der Waals surface area contributed by atoms with E-state index in [1.165, 1.54) is 5.56 Å². The van der Waals surface area contributed by atoms with E-state index in [2.05, 4.69) is 18.2 Å². The molecule has 1 atom stereocenters. The maximum Gasteiger partial charge on any atom is 0.0418 e. The Morgan fingerprint density at radius 3 is 2.42 bits per heavy atom. The van der Waals surface area contributed by atoms with Gasteiger partial charge in [-0.05, 0) is 11.6 Å². The number of rotatable bonds is 1. The fourth-order valence-corrected chi connectivity index (χ4v) is 1.46. The fourth-order valence-electron chi connectivity index (χ4n) is 1.46. The molecule has 0 radical (unpaired) electrons. The van der Waals surface area contributed by atoms with E-state index in [0.717, 1.165) is 5.70 Å². The van der Waals surface area contributed by atoms with Gasteiger partial charge in [-0.1, -0.05) is 42.5 Å². The van der Waals surface area contributed by atoms with Crippen LogP contribution in [0.4, 0.5) is 0 Å². The molecule has 0 saturated heterocycles. The lowest BCUT2D eigenvalue weighted by Crippen LogP contribution is -2.04. The van der Waals surface area contributed by atoms with Crippen LogP contribution in [0.3, 0.4) is 0 Å². The van der Waals surface area contributed by atoms with Crippen LogP contribution >= 0.6 is 0 Å². The Kier molecular flexibility index (Phi) is 1.71. The lowest BCUT2D eigenvalue weighted by Gasteiger charge is -2.09. The van der Waals surface area contributed by atoms with Crippen molar-refractivity contribution in [3.8, 4) is 0 Å². The zero-order chi connectivity index (χ0) is 8.39. The molecule has 0 saturated carbocycles. The van der Waals surface area contributed by atoms with Gasteiger partial charge in [0.25, 0.3) is 0 Å². The standard InChI is InChI=1S/C11H11N/c12-11-8-4-7-10(11)9-5-2-1-3-6-9/h1-8,10H,12H2. The van der Waals surface area contributed by atoms with Gasteiger partial charge < -0.3 is 5.73 Å². The first kappa shape index (κ1) is 7.17. The molecule has 1 aliphatic rings. The van der Waals surface area contributed by atoms with E-state index < -0.39 is 0 Å². The highest BCUT2D eigenvalue weighted by Gasteiger charge is 2.12. The van der Waals surface area contributed by atoms with E-state index in [4.69, 9.17) is 5.73 Å². The van der Waals surface area contributed by atoms with Gasteiger partial charge in [0.15, 0.2) is 0 Å². The van der Waals surface area contributed by atoms with Gasteiger partial charge in [0.1, 0.15) is 0 Å². The van der Waals surface area contributed by atoms with Crippen LogP contribution in [-0.4, -0.2) is 0 Å². The van der Waals surface area contributed by atoms with E-state index in [9.17, 15) is 0 Å². The minimum absolute atomic E-state index is 0.297. The second-order valence-electron chi connectivity index (χ2n) is 2.94. The number of nitrogens with two attached hydrogens (primary N) is 1. The molecule has 0 fully saturated rings. The third-order valence-electron chi connectivity index (χ3n) is 2.11. The zero-order valence-electron chi connectivity index (χ0n) is 6.77. The fraction of sp³-hybridized carbons (Fsp3) is 0.0909. The zero-order valence-corrected chi connectivity index (χ0v) is 6.77. The van der Waals surface area contributed by atoms with Crippen LogP contribution in [0.15, 0.2) is 54.3 Å². The number of hydrogen-bond acceptors (Lipinski definition) is 1. The van der Waals surface area contributed by atoms with E-state index in [1.54, 1.807) is 0 Å². The summed E-state index contributed by atoms with van der Waals surface area (Å²) in [5, 5.41) is 0. The predicted molar refractivity (Wildman–Crippen MR) is 50.6 cm³/mol. The van der Waals surface area contributed by atoms with Gasteiger partial charge in [-0.25, -0.2) is 0 Å². The van der Waals surface area contributed by atoms with Crippen molar-refractivity contribution in [2.24, 2.45) is 5.73 Å². The van der Waals surface area contributed by atoms with Crippen LogP contribution in [0.2, 0.25) is 0 Å². The summed E-state index contributed by atoms with van der Waals surface area (Å²) < 4.78 is 0. The maximum absolute atomic E-state index is 5.81. The number of allylic oxidation sites excluding steroid dienone is 3. The van der Waals surface area contributed by atoms with Crippen LogP contribution in [0.1, 0.15) is 11.5 Å². The smallest absolute Gasteiger partial charge is 0.0418 e. The van der Waals surface area contributed by atoms with E-state index in [-0.39, 0.29) is 0 Å². The monoisotopic (exact) mass is 157 g/mol. The highest BCUT2D eigenvalue weighted by Crippen LogP contribution is 2.26. The molecule has 0 amide bonds. The van der Waals surface area contributed by atoms with Gasteiger partial charge in [0.2, 0.25) is 0 Å². The molecule has 0 heterocycles. The molecule has 1 aromatic rings. The lowest BCUT2D eigenvalue weighted by molar-refractivity contribution is 0.991. The van der Waals surface area contributed by atoms with Crippen molar-refractivity contribution in [3.05, 3.63) is 59.8 Å². The predicted octanol–water partition coefficient (Wildman–Crippen LogP) is 2.18. The molecule has 0 bridgehead atoms. The average molecular weight is 157 g/mol. The van der Waals surface area contributed by atoms with Gasteiger partial charge in [0.05, 0.1) is 0 Å². The largest absolute Gasteiger partial charge is 0.401 e. The van der Waals surface area contributed by atoms with E-state index in [1.807, 2.05) is 30.4 Å². The second kappa shape index (κ2) is 2.86. The molecular formula is C11H11N. The van der Waals surface area contributed by atoms with Crippen LogP contribution in [0.25, 0.3) is 0 Å². The van der Waals surface area contributed by atoms with Gasteiger partial charge in [0, 0.05) is 11.6 Å². The lowest BCUT2D eigenvalue weighted by atomic mass is 9.99. The first-order valence-electron chi connectivity index (χ1n) is 4.07. The summed E-state index contributed by atoms with van der Waals surface area (Å²) in [6, 6.07) is 10.3. The van der Waals surface area contributed by atoms with Crippen molar-refractivity contribution in [2.75, 3.05) is 0 Å². The summed E-state index contributed by atoms with van der Waals surface area (Å²) in [7, 11) is 0. The molecule has 0 spiro atoms. The molecule has 12 heavy (non-hydrogen) atoms. The third kappa shape index (κ3) is 1.14. The summed E-state index contributed by atoms with van der Waals surface area (Å²) in [6.07, 6.45) is 6.08. The van der Waals surface area contributed by atoms with Gasteiger partial charge in [-0.2, -0.15) is 0 Å². The van der Waals surface area contributed by atoms with Crippen molar-refractivity contribution in [3.63, 3.8) is 0 Å². The highest BCUT2D eigenvalue weighted by molar-refractivity contribution is 5.39. The van der Waals surface area contributed by atoms with E-state index in [0.29, 0.717) is 5.92 Å². The Bertz CT molecular complexity index is 322. The molecule has 2 rings (SSSR count). The average Bonchev–Trinajstić information content (AvgIpc) is 2.53. The van der Waals surface area contributed by atoms with Crippen molar-refractivity contribution in [1.82, 2.24) is 0 Å².